The fraction of sp³-hybridized carbons (Fsp3) is 0.909. The fourth-order valence-electron chi connectivity index (χ4n) is 3.85. The monoisotopic (exact) mass is 460 g/mol. The second kappa shape index (κ2) is 14.5. The summed E-state index contributed by atoms with van der Waals surface area (Å²) in [5.41, 5.74) is 0. The predicted molar refractivity (Wildman–Crippen MR) is 113 cm³/mol. The van der Waals surface area contributed by atoms with E-state index < -0.39 is 18.4 Å². The summed E-state index contributed by atoms with van der Waals surface area (Å²) in [4.78, 5) is 0. The van der Waals surface area contributed by atoms with Crippen LogP contribution < -0.4 is 0 Å². The molecule has 0 amide bonds. The third-order valence-electron chi connectivity index (χ3n) is 5.55. The molecule has 1 rings (SSSR count). The van der Waals surface area contributed by atoms with Gasteiger partial charge in [0.25, 0.3) is 0 Å². The summed E-state index contributed by atoms with van der Waals surface area (Å²) in [7, 11) is 0. The maximum atomic E-state index is 6.10. The van der Waals surface area contributed by atoms with E-state index in [1.165, 1.54) is 51.4 Å². The van der Waals surface area contributed by atoms with Crippen molar-refractivity contribution in [1.29, 1.82) is 0 Å². The van der Waals surface area contributed by atoms with Crippen LogP contribution in [0.25, 0.3) is 0 Å². The Kier molecular flexibility index (Phi) is 13.6. The van der Waals surface area contributed by atoms with E-state index >= 15 is 0 Å². The van der Waals surface area contributed by atoms with E-state index in [4.69, 9.17) is 9.47 Å². The Morgan fingerprint density at radius 2 is 1.60 bits per heavy atom. The van der Waals surface area contributed by atoms with Gasteiger partial charge in [-0.1, -0.05) is 0 Å². The van der Waals surface area contributed by atoms with Gasteiger partial charge >= 0.3 is 162 Å². The van der Waals surface area contributed by atoms with Crippen LogP contribution in [0.4, 0.5) is 0 Å². The molecular formula is C22H44O2Sn. The molecule has 0 aromatic rings. The van der Waals surface area contributed by atoms with Crippen LogP contribution in [-0.2, 0) is 9.47 Å². The Bertz CT molecular complexity index is 315. The van der Waals surface area contributed by atoms with Crippen molar-refractivity contribution in [1.82, 2.24) is 0 Å². The first kappa shape index (κ1) is 23.5. The molecule has 0 aliphatic carbocycles. The van der Waals surface area contributed by atoms with Crippen LogP contribution in [0.3, 0.4) is 0 Å². The van der Waals surface area contributed by atoms with Crippen LogP contribution in [0.1, 0.15) is 91.9 Å². The van der Waals surface area contributed by atoms with E-state index in [9.17, 15) is 0 Å². The maximum absolute atomic E-state index is 6.10. The molecule has 1 heterocycles. The van der Waals surface area contributed by atoms with Gasteiger partial charge in [-0.05, 0) is 0 Å². The van der Waals surface area contributed by atoms with E-state index in [1.807, 2.05) is 0 Å². The van der Waals surface area contributed by atoms with Crippen LogP contribution in [0.2, 0.25) is 13.3 Å². The van der Waals surface area contributed by atoms with Crippen molar-refractivity contribution in [3.63, 3.8) is 0 Å². The van der Waals surface area contributed by atoms with Crippen molar-refractivity contribution in [3.05, 3.63) is 10.2 Å². The molecule has 0 spiro atoms. The standard InChI is InChI=1S/C10H17O2.3C4H9.Sn/c1-3-6-9(2)12-10-7-4-5-8-11-10;3*1-3-4-2;/h1,3,9-10H,4-8H2,2H3;3*1,3-4H2,2H3;. The van der Waals surface area contributed by atoms with Crippen LogP contribution in [-0.4, -0.2) is 37.4 Å². The van der Waals surface area contributed by atoms with Gasteiger partial charge in [0, 0.05) is 0 Å². The molecule has 1 aliphatic rings. The molecule has 1 saturated heterocycles. The zero-order valence-corrected chi connectivity index (χ0v) is 20.4. The van der Waals surface area contributed by atoms with Gasteiger partial charge in [-0.15, -0.1) is 0 Å². The van der Waals surface area contributed by atoms with Crippen LogP contribution >= 0.6 is 0 Å². The molecule has 0 saturated carbocycles. The van der Waals surface area contributed by atoms with Crippen molar-refractivity contribution in [2.45, 2.75) is 118 Å². The molecule has 2 atom stereocenters. The van der Waals surface area contributed by atoms with E-state index in [-0.39, 0.29) is 12.4 Å². The van der Waals surface area contributed by atoms with E-state index in [2.05, 4.69) is 37.9 Å². The van der Waals surface area contributed by atoms with Crippen LogP contribution in [0.5, 0.6) is 0 Å². The van der Waals surface area contributed by atoms with Gasteiger partial charge < -0.3 is 0 Å². The van der Waals surface area contributed by atoms with Crippen molar-refractivity contribution < 1.29 is 9.47 Å². The fourth-order valence-corrected chi connectivity index (χ4v) is 18.3. The third-order valence-corrected chi connectivity index (χ3v) is 19.8. The van der Waals surface area contributed by atoms with Gasteiger partial charge in [0.2, 0.25) is 0 Å². The van der Waals surface area contributed by atoms with Crippen LogP contribution in [0, 0.1) is 0 Å². The molecule has 3 heteroatoms. The molecule has 0 bridgehead atoms. The summed E-state index contributed by atoms with van der Waals surface area (Å²) in [5, 5.41) is 0. The molecule has 25 heavy (non-hydrogen) atoms. The molecule has 0 aromatic carbocycles. The van der Waals surface area contributed by atoms with Gasteiger partial charge in [0.05, 0.1) is 0 Å². The zero-order valence-electron chi connectivity index (χ0n) is 17.5. The SMILES string of the molecule is CCC[CH2][Sn](/[CH]=C/CC(C)OC1CCCCO1)([CH2]CCC)[CH2]CCC. The second-order valence-corrected chi connectivity index (χ2v) is 21.1. The van der Waals surface area contributed by atoms with Crippen molar-refractivity contribution in [2.24, 2.45) is 0 Å². The number of ether oxygens (including phenoxy) is 2. The number of rotatable bonds is 14. The average molecular weight is 459 g/mol. The first-order chi connectivity index (χ1) is 12.2. The quantitative estimate of drug-likeness (QED) is 0.255. The predicted octanol–water partition coefficient (Wildman–Crippen LogP) is 7.25. The van der Waals surface area contributed by atoms with Crippen LogP contribution in [0.15, 0.2) is 10.2 Å². The van der Waals surface area contributed by atoms with Crippen molar-refractivity contribution in [3.8, 4) is 0 Å². The molecular weight excluding hydrogens is 415 g/mol. The summed E-state index contributed by atoms with van der Waals surface area (Å²) < 4.78 is 19.3. The second-order valence-electron chi connectivity index (χ2n) is 8.05. The third kappa shape index (κ3) is 10.4. The van der Waals surface area contributed by atoms with Gasteiger partial charge in [-0.2, -0.15) is 0 Å². The van der Waals surface area contributed by atoms with Crippen molar-refractivity contribution in [2.75, 3.05) is 6.61 Å². The summed E-state index contributed by atoms with van der Waals surface area (Å²) in [5.74, 6) is 0. The number of unbranched alkanes of at least 4 members (excludes halogenated alkanes) is 3. The Hall–Kier alpha value is 0.459. The first-order valence-corrected chi connectivity index (χ1v) is 18.8. The normalized spacial score (nSPS) is 20.2. The molecule has 2 unspecified atom stereocenters. The summed E-state index contributed by atoms with van der Waals surface area (Å²) in [6.45, 7) is 10.1. The minimum atomic E-state index is -2.10. The van der Waals surface area contributed by atoms with Gasteiger partial charge in [-0.3, -0.25) is 0 Å². The Morgan fingerprint density at radius 1 is 1.00 bits per heavy atom. The van der Waals surface area contributed by atoms with E-state index in [1.54, 1.807) is 13.3 Å². The van der Waals surface area contributed by atoms with Gasteiger partial charge in [-0.25, -0.2) is 0 Å². The molecule has 0 radical (unpaired) electrons. The molecule has 0 N–H and O–H groups in total. The Labute approximate surface area is 162 Å². The Morgan fingerprint density at radius 3 is 2.08 bits per heavy atom. The molecule has 1 fully saturated rings. The first-order valence-electron chi connectivity index (χ1n) is 11.1. The molecule has 148 valence electrons. The van der Waals surface area contributed by atoms with Gasteiger partial charge in [0.1, 0.15) is 0 Å². The number of hydrogen-bond donors (Lipinski definition) is 0. The average Bonchev–Trinajstić information content (AvgIpc) is 2.63. The summed E-state index contributed by atoms with van der Waals surface area (Å²) in [6.07, 6.45) is 15.8. The number of hydrogen-bond acceptors (Lipinski definition) is 2. The topological polar surface area (TPSA) is 18.5 Å². The summed E-state index contributed by atoms with van der Waals surface area (Å²) in [6, 6.07) is 0. The molecule has 2 nitrogen and oxygen atoms in total. The molecule has 1 aliphatic heterocycles. The van der Waals surface area contributed by atoms with Crippen molar-refractivity contribution >= 4 is 18.4 Å². The van der Waals surface area contributed by atoms with Gasteiger partial charge in [0.15, 0.2) is 0 Å². The minimum absolute atomic E-state index is 0.0469. The van der Waals surface area contributed by atoms with E-state index in [0.29, 0.717) is 0 Å². The van der Waals surface area contributed by atoms with E-state index in [0.717, 1.165) is 19.4 Å². The molecule has 0 aromatic heterocycles. The zero-order chi connectivity index (χ0) is 18.4. The summed E-state index contributed by atoms with van der Waals surface area (Å²) >= 11 is -2.10. The Balaban J connectivity index is 2.57.